The average Bonchev–Trinajstić information content (AvgIpc) is 3.29. The number of sulfonamides is 1. The van der Waals surface area contributed by atoms with Crippen molar-refractivity contribution in [1.82, 2.24) is 19.4 Å². The first-order chi connectivity index (χ1) is 16.4. The topological polar surface area (TPSA) is 105 Å². The number of piperidine rings is 1. The molecule has 0 saturated carbocycles. The molecule has 3 aliphatic heterocycles. The average molecular weight is 505 g/mol. The van der Waals surface area contributed by atoms with Gasteiger partial charge in [-0.05, 0) is 31.4 Å². The number of aromatic nitrogens is 3. The molecule has 0 unspecified atom stereocenters. The van der Waals surface area contributed by atoms with E-state index in [1.165, 1.54) is 11.8 Å². The monoisotopic (exact) mass is 504 g/mol. The van der Waals surface area contributed by atoms with E-state index in [-0.39, 0.29) is 17.1 Å². The molecule has 2 fully saturated rings. The zero-order valence-electron chi connectivity index (χ0n) is 21.3. The lowest BCUT2D eigenvalue weighted by Crippen LogP contribution is -2.54. The summed E-state index contributed by atoms with van der Waals surface area (Å²) in [5.74, 6) is 2.48. The summed E-state index contributed by atoms with van der Waals surface area (Å²) in [6.45, 7) is 11.6. The highest BCUT2D eigenvalue weighted by Gasteiger charge is 2.41. The quantitative estimate of drug-likeness (QED) is 0.624. The van der Waals surface area contributed by atoms with Gasteiger partial charge >= 0.3 is 6.01 Å². The minimum Gasteiger partial charge on any atom is -0.485 e. The van der Waals surface area contributed by atoms with Gasteiger partial charge in [-0.1, -0.05) is 25.9 Å². The van der Waals surface area contributed by atoms with Crippen LogP contribution < -0.4 is 14.5 Å². The molecule has 0 aromatic carbocycles. The van der Waals surface area contributed by atoms with Crippen LogP contribution in [0.5, 0.6) is 5.75 Å². The molecule has 0 aliphatic carbocycles. The Kier molecular flexibility index (Phi) is 5.98. The van der Waals surface area contributed by atoms with Gasteiger partial charge in [0.25, 0.3) is 0 Å². The maximum absolute atomic E-state index is 12.0. The van der Waals surface area contributed by atoms with Gasteiger partial charge in [-0.15, -0.1) is 0 Å². The molecule has 0 bridgehead atoms. The second-order valence-electron chi connectivity index (χ2n) is 11.2. The molecule has 0 amide bonds. The van der Waals surface area contributed by atoms with Crippen molar-refractivity contribution >= 4 is 21.9 Å². The Morgan fingerprint density at radius 1 is 1.09 bits per heavy atom. The van der Waals surface area contributed by atoms with E-state index in [2.05, 4.69) is 46.8 Å². The van der Waals surface area contributed by atoms with Gasteiger partial charge in [-0.2, -0.15) is 9.29 Å². The van der Waals surface area contributed by atoms with Gasteiger partial charge in [0.15, 0.2) is 5.82 Å². The predicted octanol–water partition coefficient (Wildman–Crippen LogP) is 2.60. The Morgan fingerprint density at radius 3 is 2.46 bits per heavy atom. The van der Waals surface area contributed by atoms with E-state index in [4.69, 9.17) is 14.2 Å². The fourth-order valence-corrected chi connectivity index (χ4v) is 6.46. The zero-order chi connectivity index (χ0) is 25.0. The molecule has 11 heteroatoms. The normalized spacial score (nSPS) is 23.3. The lowest BCUT2D eigenvalue weighted by molar-refractivity contribution is 0.0213. The highest BCUT2D eigenvalue weighted by Crippen LogP contribution is 2.41. The van der Waals surface area contributed by atoms with E-state index < -0.39 is 10.0 Å². The molecule has 2 aromatic rings. The third kappa shape index (κ3) is 4.84. The molecule has 2 aromatic heterocycles. The molecule has 2 saturated heterocycles. The number of fused-ring (bicyclic) bond motifs is 1. The fourth-order valence-electron chi connectivity index (χ4n) is 5.33. The van der Waals surface area contributed by atoms with Crippen molar-refractivity contribution in [3.05, 3.63) is 23.7 Å². The lowest BCUT2D eigenvalue weighted by atomic mass is 9.83. The van der Waals surface area contributed by atoms with E-state index >= 15 is 0 Å². The van der Waals surface area contributed by atoms with Gasteiger partial charge in [0.1, 0.15) is 17.2 Å². The number of hydrogen-bond acceptors (Lipinski definition) is 9. The van der Waals surface area contributed by atoms with Crippen LogP contribution in [-0.4, -0.2) is 78.5 Å². The van der Waals surface area contributed by atoms with Crippen molar-refractivity contribution in [3.8, 4) is 5.75 Å². The van der Waals surface area contributed by atoms with Crippen LogP contribution in [0.3, 0.4) is 0 Å². The molecular formula is C24H36N6O4S. The summed E-state index contributed by atoms with van der Waals surface area (Å²) >= 11 is 0. The van der Waals surface area contributed by atoms with Crippen molar-refractivity contribution in [2.24, 2.45) is 0 Å². The summed E-state index contributed by atoms with van der Waals surface area (Å²) in [4.78, 5) is 13.6. The summed E-state index contributed by atoms with van der Waals surface area (Å²) < 4.78 is 37.6. The molecule has 0 N–H and O–H groups in total. The molecule has 35 heavy (non-hydrogen) atoms. The summed E-state index contributed by atoms with van der Waals surface area (Å²) in [7, 11) is -3.19. The van der Waals surface area contributed by atoms with Gasteiger partial charge in [0.05, 0.1) is 12.5 Å². The van der Waals surface area contributed by atoms with Gasteiger partial charge in [0.2, 0.25) is 10.0 Å². The molecule has 10 nitrogen and oxygen atoms in total. The van der Waals surface area contributed by atoms with Crippen molar-refractivity contribution in [3.63, 3.8) is 0 Å². The highest BCUT2D eigenvalue weighted by molar-refractivity contribution is 7.88. The van der Waals surface area contributed by atoms with Gasteiger partial charge < -0.3 is 19.1 Å². The number of piperazine rings is 1. The van der Waals surface area contributed by atoms with Crippen molar-refractivity contribution < 1.29 is 17.7 Å². The number of anilines is 2. The Morgan fingerprint density at radius 2 is 1.83 bits per heavy atom. The van der Waals surface area contributed by atoms with Crippen LogP contribution in [0.1, 0.15) is 58.3 Å². The molecular weight excluding hydrogens is 468 g/mol. The second kappa shape index (κ2) is 8.62. The standard InChI is InChI=1S/C24H36N6O4S/c1-17-16-29(12-13-30(17)35(5,31)32)20-14-18-6-7-24(33-19(18)15-25-20)8-10-28(11-9-24)22-26-21(27-34-22)23(2,3)4/h14-15,17H,6-13,16H2,1-5H3/t17-/m0/s1. The number of ether oxygens (including phenoxy) is 1. The Balaban J connectivity index is 1.22. The second-order valence-corrected chi connectivity index (χ2v) is 13.2. The molecule has 3 aliphatic rings. The number of hydrogen-bond donors (Lipinski definition) is 0. The largest absolute Gasteiger partial charge is 0.485 e. The van der Waals surface area contributed by atoms with Gasteiger partial charge in [-0.3, -0.25) is 0 Å². The Bertz CT molecular complexity index is 1180. The maximum atomic E-state index is 12.0. The Labute approximate surface area is 207 Å². The zero-order valence-corrected chi connectivity index (χ0v) is 22.1. The van der Waals surface area contributed by atoms with Crippen LogP contribution in [0.4, 0.5) is 11.8 Å². The number of nitrogens with zero attached hydrogens (tertiary/aromatic N) is 6. The van der Waals surface area contributed by atoms with Crippen molar-refractivity contribution in [2.45, 2.75) is 70.4 Å². The minimum atomic E-state index is -3.19. The molecule has 5 heterocycles. The number of aryl methyl sites for hydroxylation is 1. The van der Waals surface area contributed by atoms with Crippen LogP contribution in [0.15, 0.2) is 16.8 Å². The third-order valence-corrected chi connectivity index (χ3v) is 8.85. The predicted molar refractivity (Wildman–Crippen MR) is 134 cm³/mol. The molecule has 5 rings (SSSR count). The van der Waals surface area contributed by atoms with E-state index in [9.17, 15) is 8.42 Å². The number of rotatable bonds is 3. The maximum Gasteiger partial charge on any atom is 0.324 e. The first-order valence-electron chi connectivity index (χ1n) is 12.4. The summed E-state index contributed by atoms with van der Waals surface area (Å²) in [6.07, 6.45) is 6.82. The highest BCUT2D eigenvalue weighted by atomic mass is 32.2. The number of pyridine rings is 1. The minimum absolute atomic E-state index is 0.0837. The molecule has 0 radical (unpaired) electrons. The van der Waals surface area contributed by atoms with Crippen molar-refractivity contribution in [2.75, 3.05) is 48.8 Å². The van der Waals surface area contributed by atoms with Gasteiger partial charge in [-0.25, -0.2) is 13.4 Å². The van der Waals surface area contributed by atoms with Crippen LogP contribution >= 0.6 is 0 Å². The van der Waals surface area contributed by atoms with E-state index in [1.807, 2.05) is 13.1 Å². The van der Waals surface area contributed by atoms with Gasteiger partial charge in [0, 0.05) is 57.0 Å². The van der Waals surface area contributed by atoms with Crippen molar-refractivity contribution in [1.29, 1.82) is 0 Å². The molecule has 1 spiro atoms. The van der Waals surface area contributed by atoms with E-state index in [0.29, 0.717) is 25.6 Å². The smallest absolute Gasteiger partial charge is 0.324 e. The lowest BCUT2D eigenvalue weighted by Gasteiger charge is -2.44. The van der Waals surface area contributed by atoms with Crippen LogP contribution in [-0.2, 0) is 21.9 Å². The molecule has 1 atom stereocenters. The molecule has 192 valence electrons. The first kappa shape index (κ1) is 24.3. The first-order valence-corrected chi connectivity index (χ1v) is 14.3. The summed E-state index contributed by atoms with van der Waals surface area (Å²) in [5, 5.41) is 4.16. The Hall–Kier alpha value is -2.40. The fraction of sp³-hybridized carbons (Fsp3) is 0.708. The summed E-state index contributed by atoms with van der Waals surface area (Å²) in [5.41, 5.74) is 0.850. The van der Waals surface area contributed by atoms with Crippen LogP contribution in [0, 0.1) is 0 Å². The van der Waals surface area contributed by atoms with E-state index in [0.717, 1.165) is 56.2 Å². The SMILES string of the molecule is C[C@H]1CN(c2cc3c(cn2)OC2(CC3)CCN(c3nc(C(C)(C)C)no3)CC2)CCN1S(C)(=O)=O. The van der Waals surface area contributed by atoms with Crippen LogP contribution in [0.25, 0.3) is 0 Å². The van der Waals surface area contributed by atoms with Crippen LogP contribution in [0.2, 0.25) is 0 Å². The third-order valence-electron chi connectivity index (χ3n) is 7.46. The summed E-state index contributed by atoms with van der Waals surface area (Å²) in [6, 6.07) is 2.63. The van der Waals surface area contributed by atoms with E-state index in [1.54, 1.807) is 4.31 Å².